The van der Waals surface area contributed by atoms with Gasteiger partial charge in [-0.1, -0.05) is 17.9 Å². The Hall–Kier alpha value is -4.13. The van der Waals surface area contributed by atoms with E-state index in [1.54, 1.807) is 18.2 Å². The van der Waals surface area contributed by atoms with Crippen molar-refractivity contribution in [3.8, 4) is 23.3 Å². The van der Waals surface area contributed by atoms with Crippen LogP contribution < -0.4 is 5.73 Å². The molecule has 2 saturated carbocycles. The van der Waals surface area contributed by atoms with Crippen LogP contribution in [0.4, 0.5) is 0 Å². The molecule has 3 aliphatic rings. The molecule has 184 valence electrons. The second-order valence-electron chi connectivity index (χ2n) is 9.52. The van der Waals surface area contributed by atoms with Crippen LogP contribution in [0.25, 0.3) is 5.76 Å². The molecule has 0 radical (unpaired) electrons. The molecule has 2 aromatic carbocycles. The van der Waals surface area contributed by atoms with E-state index < -0.39 is 52.7 Å². The van der Waals surface area contributed by atoms with Gasteiger partial charge in [-0.15, -0.1) is 0 Å². The van der Waals surface area contributed by atoms with Crippen molar-refractivity contribution >= 4 is 23.2 Å². The zero-order valence-electron chi connectivity index (χ0n) is 18.9. The third-order valence-electron chi connectivity index (χ3n) is 7.46. The number of aromatic hydroxyl groups is 2. The number of ketones is 2. The van der Waals surface area contributed by atoms with Crippen LogP contribution in [0.2, 0.25) is 0 Å². The number of benzene rings is 2. The lowest BCUT2D eigenvalue weighted by molar-refractivity contribution is -0.174. The standard InChI is InChI=1S/C27H23NO8/c28-26(35)22-19(31)11-15-9-14-10-17-13(5-4-12-2-1-3-16(29)8-12)6-7-18(30)21(17)23(32)20(14)24(33)27(15,36)25(22)34/h1-3,6-8,14-15,19,22,29-32,36H,9-11H2,(H2,28,35)/t14-,15+,19?,22?,27+/m1/s1. The van der Waals surface area contributed by atoms with Crippen molar-refractivity contribution in [2.75, 3.05) is 0 Å². The Morgan fingerprint density at radius 1 is 1.06 bits per heavy atom. The van der Waals surface area contributed by atoms with Crippen LogP contribution in [-0.2, 0) is 20.8 Å². The number of aliphatic hydroxyl groups excluding tert-OH is 2. The normalized spacial score (nSPS) is 28.9. The number of nitrogens with two attached hydrogens (primary N) is 1. The third kappa shape index (κ3) is 3.38. The highest BCUT2D eigenvalue weighted by Crippen LogP contribution is 2.51. The molecule has 3 aliphatic carbocycles. The highest BCUT2D eigenvalue weighted by atomic mass is 16.3. The highest BCUT2D eigenvalue weighted by molar-refractivity contribution is 6.24. The minimum Gasteiger partial charge on any atom is -0.508 e. The highest BCUT2D eigenvalue weighted by Gasteiger charge is 2.63. The first-order valence-electron chi connectivity index (χ1n) is 11.4. The van der Waals surface area contributed by atoms with Crippen molar-refractivity contribution in [3.05, 3.63) is 64.2 Å². The summed E-state index contributed by atoms with van der Waals surface area (Å²) >= 11 is 0. The van der Waals surface area contributed by atoms with Crippen LogP contribution in [0.1, 0.15) is 35.1 Å². The lowest BCUT2D eigenvalue weighted by Crippen LogP contribution is -2.66. The number of fused-ring (bicyclic) bond motifs is 3. The van der Waals surface area contributed by atoms with Crippen LogP contribution in [0.3, 0.4) is 0 Å². The Balaban J connectivity index is 1.61. The van der Waals surface area contributed by atoms with E-state index in [1.807, 2.05) is 0 Å². The number of hydrogen-bond acceptors (Lipinski definition) is 8. The number of Topliss-reactive ketones (excluding diaryl/α,β-unsaturated/α-hetero) is 2. The van der Waals surface area contributed by atoms with Crippen LogP contribution in [0, 0.1) is 29.6 Å². The summed E-state index contributed by atoms with van der Waals surface area (Å²) in [5.74, 6) is -1.62. The number of carbonyl (C=O) groups is 3. The van der Waals surface area contributed by atoms with Crippen LogP contribution in [-0.4, -0.2) is 54.7 Å². The maximum atomic E-state index is 13.5. The van der Waals surface area contributed by atoms with E-state index in [4.69, 9.17) is 5.73 Å². The van der Waals surface area contributed by atoms with Gasteiger partial charge in [-0.25, -0.2) is 0 Å². The van der Waals surface area contributed by atoms with Crippen molar-refractivity contribution < 1.29 is 39.9 Å². The molecule has 5 atom stereocenters. The van der Waals surface area contributed by atoms with Gasteiger partial charge in [0.2, 0.25) is 11.7 Å². The fourth-order valence-electron chi connectivity index (χ4n) is 5.77. The van der Waals surface area contributed by atoms with Crippen molar-refractivity contribution in [2.24, 2.45) is 23.5 Å². The maximum absolute atomic E-state index is 13.5. The fraction of sp³-hybridized carbons (Fsp3) is 0.296. The van der Waals surface area contributed by atoms with Gasteiger partial charge < -0.3 is 31.3 Å². The number of phenols is 2. The number of phenolic OH excluding ortho intramolecular Hbond substituents is 2. The van der Waals surface area contributed by atoms with Gasteiger partial charge in [-0.3, -0.25) is 14.4 Å². The Morgan fingerprint density at radius 2 is 1.81 bits per heavy atom. The van der Waals surface area contributed by atoms with Gasteiger partial charge >= 0.3 is 0 Å². The molecular weight excluding hydrogens is 466 g/mol. The van der Waals surface area contributed by atoms with E-state index in [0.29, 0.717) is 16.7 Å². The third-order valence-corrected chi connectivity index (χ3v) is 7.46. The molecule has 9 heteroatoms. The lowest BCUT2D eigenvalue weighted by Gasteiger charge is -2.48. The number of amides is 1. The Morgan fingerprint density at radius 3 is 2.50 bits per heavy atom. The molecule has 2 aromatic rings. The number of primary amides is 1. The summed E-state index contributed by atoms with van der Waals surface area (Å²) in [6.07, 6.45) is -1.38. The predicted molar refractivity (Wildman–Crippen MR) is 125 cm³/mol. The van der Waals surface area contributed by atoms with Crippen LogP contribution in [0.5, 0.6) is 11.5 Å². The molecule has 5 rings (SSSR count). The molecule has 0 heterocycles. The Kier molecular flexibility index (Phi) is 5.39. The van der Waals surface area contributed by atoms with Crippen molar-refractivity contribution in [1.29, 1.82) is 0 Å². The van der Waals surface area contributed by atoms with E-state index in [1.165, 1.54) is 18.2 Å². The molecule has 0 bridgehead atoms. The molecule has 0 aliphatic heterocycles. The lowest BCUT2D eigenvalue weighted by atomic mass is 9.56. The van der Waals surface area contributed by atoms with Crippen molar-refractivity contribution in [1.82, 2.24) is 0 Å². The van der Waals surface area contributed by atoms with E-state index in [0.717, 1.165) is 0 Å². The van der Waals surface area contributed by atoms with E-state index in [9.17, 15) is 39.9 Å². The first-order chi connectivity index (χ1) is 17.0. The summed E-state index contributed by atoms with van der Waals surface area (Å²) in [5, 5.41) is 52.9. The molecule has 0 spiro atoms. The molecule has 0 aromatic heterocycles. The van der Waals surface area contributed by atoms with Gasteiger partial charge in [-0.2, -0.15) is 0 Å². The molecule has 1 amide bonds. The Bertz CT molecular complexity index is 1430. The molecule has 9 nitrogen and oxygen atoms in total. The maximum Gasteiger partial charge on any atom is 0.230 e. The summed E-state index contributed by atoms with van der Waals surface area (Å²) in [6.45, 7) is 0. The molecule has 7 N–H and O–H groups in total. The number of carbonyl (C=O) groups excluding carboxylic acids is 3. The summed E-state index contributed by atoms with van der Waals surface area (Å²) < 4.78 is 0. The second-order valence-corrected chi connectivity index (χ2v) is 9.52. The quantitative estimate of drug-likeness (QED) is 0.250. The largest absolute Gasteiger partial charge is 0.508 e. The van der Waals surface area contributed by atoms with Crippen LogP contribution in [0.15, 0.2) is 42.0 Å². The minimum atomic E-state index is -2.61. The van der Waals surface area contributed by atoms with Gasteiger partial charge in [0.05, 0.1) is 11.7 Å². The average Bonchev–Trinajstić information content (AvgIpc) is 2.80. The number of aliphatic hydroxyl groups is 3. The summed E-state index contributed by atoms with van der Waals surface area (Å²) in [6, 6.07) is 9.25. The summed E-state index contributed by atoms with van der Waals surface area (Å²) in [7, 11) is 0. The zero-order chi connectivity index (χ0) is 25.9. The first-order valence-corrected chi connectivity index (χ1v) is 11.4. The summed E-state index contributed by atoms with van der Waals surface area (Å²) in [4.78, 5) is 38.3. The van der Waals surface area contributed by atoms with Crippen LogP contribution >= 0.6 is 0 Å². The van der Waals surface area contributed by atoms with E-state index >= 15 is 0 Å². The fourth-order valence-corrected chi connectivity index (χ4v) is 5.77. The van der Waals surface area contributed by atoms with Crippen molar-refractivity contribution in [2.45, 2.75) is 31.0 Å². The van der Waals surface area contributed by atoms with Gasteiger partial charge in [0.1, 0.15) is 23.2 Å². The average molecular weight is 489 g/mol. The van der Waals surface area contributed by atoms with E-state index in [2.05, 4.69) is 11.8 Å². The minimum absolute atomic E-state index is 0.0193. The predicted octanol–water partition coefficient (Wildman–Crippen LogP) is 0.694. The molecule has 0 saturated heterocycles. The van der Waals surface area contributed by atoms with Gasteiger partial charge in [-0.05, 0) is 61.1 Å². The monoisotopic (exact) mass is 489 g/mol. The summed E-state index contributed by atoms with van der Waals surface area (Å²) in [5.41, 5.74) is 3.93. The number of hydrogen-bond donors (Lipinski definition) is 6. The van der Waals surface area contributed by atoms with Gasteiger partial charge in [0.25, 0.3) is 0 Å². The topological polar surface area (TPSA) is 178 Å². The molecule has 2 unspecified atom stereocenters. The van der Waals surface area contributed by atoms with Gasteiger partial charge in [0, 0.05) is 22.6 Å². The van der Waals surface area contributed by atoms with Gasteiger partial charge in [0.15, 0.2) is 11.4 Å². The SMILES string of the molecule is NC(=O)C1C(=O)[C@@]2(O)C(=O)C3=C(O)c4c(O)ccc(C#Cc5cccc(O)c5)c4C[C@H]3C[C@H]2CC1O. The van der Waals surface area contributed by atoms with Crippen molar-refractivity contribution in [3.63, 3.8) is 0 Å². The Labute approximate surface area is 205 Å². The van der Waals surface area contributed by atoms with E-state index in [-0.39, 0.29) is 41.9 Å². The smallest absolute Gasteiger partial charge is 0.230 e. The molecular formula is C27H23NO8. The molecule has 2 fully saturated rings. The zero-order valence-corrected chi connectivity index (χ0v) is 18.9. The molecule has 36 heavy (non-hydrogen) atoms. The number of rotatable bonds is 1. The first kappa shape index (κ1) is 23.6. The second kappa shape index (κ2) is 8.22.